The lowest BCUT2D eigenvalue weighted by Crippen LogP contribution is -2.45. The molecule has 1 aliphatic heterocycles. The maximum atomic E-state index is 8.75. The number of nitrogens with one attached hydrogen (secondary N) is 1. The van der Waals surface area contributed by atoms with Crippen molar-refractivity contribution in [1.29, 1.82) is 5.26 Å². The van der Waals surface area contributed by atoms with E-state index in [0.717, 1.165) is 13.1 Å². The van der Waals surface area contributed by atoms with Crippen LogP contribution in [-0.2, 0) is 0 Å². The summed E-state index contributed by atoms with van der Waals surface area (Å²) in [4.78, 5) is 3.92. The molecule has 0 saturated carbocycles. The molecule has 0 atom stereocenters. The van der Waals surface area contributed by atoms with Crippen LogP contribution in [0.5, 0.6) is 5.75 Å². The molecular formula is C10H11N3O. The van der Waals surface area contributed by atoms with Gasteiger partial charge in [0.1, 0.15) is 6.07 Å². The van der Waals surface area contributed by atoms with Gasteiger partial charge in [-0.15, -0.1) is 0 Å². The van der Waals surface area contributed by atoms with Crippen LogP contribution in [0.15, 0.2) is 18.3 Å². The molecular weight excluding hydrogens is 178 g/mol. The number of hydrogen-bond acceptors (Lipinski definition) is 4. The second-order valence-electron chi connectivity index (χ2n) is 3.30. The number of nitriles is 1. The molecule has 0 spiro atoms. The van der Waals surface area contributed by atoms with Crippen LogP contribution in [0.25, 0.3) is 0 Å². The maximum absolute atomic E-state index is 8.75. The molecule has 72 valence electrons. The Morgan fingerprint density at radius 1 is 1.64 bits per heavy atom. The van der Waals surface area contributed by atoms with Crippen LogP contribution in [-0.4, -0.2) is 24.7 Å². The van der Waals surface area contributed by atoms with Crippen molar-refractivity contribution in [3.63, 3.8) is 0 Å². The second kappa shape index (κ2) is 4.07. The highest BCUT2D eigenvalue weighted by molar-refractivity contribution is 5.36. The fourth-order valence-electron chi connectivity index (χ4n) is 1.26. The molecule has 1 fully saturated rings. The first-order valence-corrected chi connectivity index (χ1v) is 4.59. The van der Waals surface area contributed by atoms with Crippen molar-refractivity contribution in [3.8, 4) is 11.8 Å². The Morgan fingerprint density at radius 2 is 2.50 bits per heavy atom. The van der Waals surface area contributed by atoms with E-state index < -0.39 is 0 Å². The summed E-state index contributed by atoms with van der Waals surface area (Å²) in [6.45, 7) is 2.66. The summed E-state index contributed by atoms with van der Waals surface area (Å²) in [7, 11) is 0. The average Bonchev–Trinajstić information content (AvgIpc) is 2.16. The predicted molar refractivity (Wildman–Crippen MR) is 50.8 cm³/mol. The highest BCUT2D eigenvalue weighted by Gasteiger charge is 2.17. The van der Waals surface area contributed by atoms with Gasteiger partial charge in [-0.2, -0.15) is 5.26 Å². The number of rotatable bonds is 3. The van der Waals surface area contributed by atoms with Crippen LogP contribution in [0.1, 0.15) is 5.69 Å². The van der Waals surface area contributed by atoms with Gasteiger partial charge in [0.05, 0.1) is 6.61 Å². The molecule has 0 aromatic carbocycles. The molecule has 2 rings (SSSR count). The summed E-state index contributed by atoms with van der Waals surface area (Å²) in [6, 6.07) is 5.55. The number of aromatic nitrogens is 1. The molecule has 1 aromatic rings. The Labute approximate surface area is 82.5 Å². The zero-order chi connectivity index (χ0) is 9.80. The van der Waals surface area contributed by atoms with E-state index in [1.807, 2.05) is 6.07 Å². The lowest BCUT2D eigenvalue weighted by atomic mass is 10.1. The first kappa shape index (κ1) is 8.97. The normalized spacial score (nSPS) is 15.6. The van der Waals surface area contributed by atoms with Crippen LogP contribution >= 0.6 is 0 Å². The Bertz CT molecular complexity index is 355. The summed E-state index contributed by atoms with van der Waals surface area (Å²) in [6.07, 6.45) is 1.59. The smallest absolute Gasteiger partial charge is 0.182 e. The Balaban J connectivity index is 1.97. The Kier molecular flexibility index (Phi) is 2.61. The Morgan fingerprint density at radius 3 is 3.14 bits per heavy atom. The fraction of sp³-hybridized carbons (Fsp3) is 0.400. The van der Waals surface area contributed by atoms with Gasteiger partial charge in [0.15, 0.2) is 11.4 Å². The van der Waals surface area contributed by atoms with Crippen molar-refractivity contribution in [2.75, 3.05) is 19.7 Å². The van der Waals surface area contributed by atoms with Crippen molar-refractivity contribution in [3.05, 3.63) is 24.0 Å². The van der Waals surface area contributed by atoms with Gasteiger partial charge in [0.25, 0.3) is 0 Å². The van der Waals surface area contributed by atoms with Gasteiger partial charge >= 0.3 is 0 Å². The topological polar surface area (TPSA) is 57.9 Å². The largest absolute Gasteiger partial charge is 0.490 e. The quantitative estimate of drug-likeness (QED) is 0.754. The van der Waals surface area contributed by atoms with Crippen LogP contribution in [0.3, 0.4) is 0 Å². The Hall–Kier alpha value is -1.60. The van der Waals surface area contributed by atoms with Crippen LogP contribution in [0, 0.1) is 17.2 Å². The average molecular weight is 189 g/mol. The minimum Gasteiger partial charge on any atom is -0.490 e. The molecule has 4 heteroatoms. The minimum atomic E-state index is 0.361. The lowest BCUT2D eigenvalue weighted by molar-refractivity contribution is 0.198. The van der Waals surface area contributed by atoms with Gasteiger partial charge in [-0.3, -0.25) is 0 Å². The highest BCUT2D eigenvalue weighted by atomic mass is 16.5. The van der Waals surface area contributed by atoms with E-state index in [1.165, 1.54) is 0 Å². The predicted octanol–water partition coefficient (Wildman–Crippen LogP) is 0.551. The van der Waals surface area contributed by atoms with E-state index in [2.05, 4.69) is 10.3 Å². The van der Waals surface area contributed by atoms with Crippen molar-refractivity contribution in [2.45, 2.75) is 0 Å². The van der Waals surface area contributed by atoms with Gasteiger partial charge in [-0.1, -0.05) is 0 Å². The molecule has 0 radical (unpaired) electrons. The third-order valence-electron chi connectivity index (χ3n) is 2.22. The first-order valence-electron chi connectivity index (χ1n) is 4.59. The SMILES string of the molecule is N#Cc1ncccc1OCC1CNC1. The maximum Gasteiger partial charge on any atom is 0.182 e. The van der Waals surface area contributed by atoms with Crippen LogP contribution in [0.4, 0.5) is 0 Å². The standard InChI is InChI=1S/C10H11N3O/c11-4-9-10(2-1-3-13-9)14-7-8-5-12-6-8/h1-3,8,12H,5-7H2. The van der Waals surface area contributed by atoms with Crippen LogP contribution in [0.2, 0.25) is 0 Å². The molecule has 4 nitrogen and oxygen atoms in total. The zero-order valence-electron chi connectivity index (χ0n) is 7.73. The van der Waals surface area contributed by atoms with Gasteiger partial charge in [0, 0.05) is 25.2 Å². The molecule has 0 bridgehead atoms. The summed E-state index contributed by atoms with van der Waals surface area (Å²) >= 11 is 0. The fourth-order valence-corrected chi connectivity index (χ4v) is 1.26. The van der Waals surface area contributed by atoms with E-state index in [4.69, 9.17) is 10.00 Å². The van der Waals surface area contributed by atoms with Crippen molar-refractivity contribution < 1.29 is 4.74 Å². The van der Waals surface area contributed by atoms with E-state index in [1.54, 1.807) is 18.3 Å². The van der Waals surface area contributed by atoms with Crippen molar-refractivity contribution in [1.82, 2.24) is 10.3 Å². The van der Waals surface area contributed by atoms with Crippen LogP contribution < -0.4 is 10.1 Å². The van der Waals surface area contributed by atoms with Crippen molar-refractivity contribution >= 4 is 0 Å². The third-order valence-corrected chi connectivity index (χ3v) is 2.22. The number of pyridine rings is 1. The van der Waals surface area contributed by atoms with E-state index in [0.29, 0.717) is 24.0 Å². The van der Waals surface area contributed by atoms with E-state index in [-0.39, 0.29) is 0 Å². The second-order valence-corrected chi connectivity index (χ2v) is 3.30. The molecule has 0 aliphatic carbocycles. The molecule has 1 N–H and O–H groups in total. The van der Waals surface area contributed by atoms with Gasteiger partial charge in [-0.05, 0) is 12.1 Å². The molecule has 2 heterocycles. The summed E-state index contributed by atoms with van der Waals surface area (Å²) < 4.78 is 5.51. The molecule has 1 aliphatic rings. The highest BCUT2D eigenvalue weighted by Crippen LogP contribution is 2.15. The third kappa shape index (κ3) is 1.83. The first-order chi connectivity index (χ1) is 6.90. The number of nitrogens with zero attached hydrogens (tertiary/aromatic N) is 2. The molecule has 0 amide bonds. The minimum absolute atomic E-state index is 0.361. The van der Waals surface area contributed by atoms with Crippen molar-refractivity contribution in [2.24, 2.45) is 5.92 Å². The lowest BCUT2D eigenvalue weighted by Gasteiger charge is -2.26. The zero-order valence-corrected chi connectivity index (χ0v) is 7.73. The van der Waals surface area contributed by atoms with Gasteiger partial charge in [-0.25, -0.2) is 4.98 Å². The molecule has 14 heavy (non-hydrogen) atoms. The summed E-state index contributed by atoms with van der Waals surface area (Å²) in [5.74, 6) is 1.16. The van der Waals surface area contributed by atoms with Gasteiger partial charge in [0.2, 0.25) is 0 Å². The van der Waals surface area contributed by atoms with E-state index in [9.17, 15) is 0 Å². The van der Waals surface area contributed by atoms with Gasteiger partial charge < -0.3 is 10.1 Å². The number of hydrogen-bond donors (Lipinski definition) is 1. The molecule has 1 aromatic heterocycles. The summed E-state index contributed by atoms with van der Waals surface area (Å²) in [5, 5.41) is 11.9. The number of ether oxygens (including phenoxy) is 1. The summed E-state index contributed by atoms with van der Waals surface area (Å²) in [5.41, 5.74) is 0.361. The molecule has 0 unspecified atom stereocenters. The van der Waals surface area contributed by atoms with E-state index >= 15 is 0 Å². The monoisotopic (exact) mass is 189 g/mol. The molecule has 1 saturated heterocycles.